The van der Waals surface area contributed by atoms with Gasteiger partial charge in [-0.25, -0.2) is 4.79 Å². The van der Waals surface area contributed by atoms with Gasteiger partial charge in [0.25, 0.3) is 0 Å². The number of hydrogen-bond acceptors (Lipinski definition) is 2. The fourth-order valence-electron chi connectivity index (χ4n) is 1.05. The molecule has 2 aromatic heterocycles. The van der Waals surface area contributed by atoms with Gasteiger partial charge in [-0.2, -0.15) is 0 Å². The first-order valence-electron chi connectivity index (χ1n) is 4.04. The van der Waals surface area contributed by atoms with E-state index >= 15 is 0 Å². The van der Waals surface area contributed by atoms with Crippen LogP contribution in [0, 0.1) is 16.8 Å². The molecule has 0 aliphatic heterocycles. The fraction of sp³-hybridized carbons (Fsp3) is 0.182. The van der Waals surface area contributed by atoms with Gasteiger partial charge in [-0.15, -0.1) is 0 Å². The maximum atomic E-state index is 10.8. The van der Waals surface area contributed by atoms with Crippen LogP contribution in [-0.4, -0.2) is 0 Å². The van der Waals surface area contributed by atoms with Gasteiger partial charge in [-0.05, 0) is 41.5 Å². The van der Waals surface area contributed by atoms with Crippen LogP contribution in [0.3, 0.4) is 0 Å². The van der Waals surface area contributed by atoms with E-state index in [0.29, 0.717) is 11.0 Å². The predicted molar refractivity (Wildman–Crippen MR) is 65.9 cm³/mol. The summed E-state index contributed by atoms with van der Waals surface area (Å²) >= 11 is 1.99. The summed E-state index contributed by atoms with van der Waals surface area (Å²) in [6.07, 6.45) is 0. The molecule has 0 saturated heterocycles. The second-order valence-electron chi connectivity index (χ2n) is 2.71. The van der Waals surface area contributed by atoms with Crippen molar-refractivity contribution in [1.29, 1.82) is 0 Å². The second-order valence-corrected chi connectivity index (χ2v) is 3.25. The minimum atomic E-state index is -0.233. The number of rotatable bonds is 0. The zero-order valence-electron chi connectivity index (χ0n) is 7.93. The highest BCUT2D eigenvalue weighted by Gasteiger charge is 2.01. The Hall–Kier alpha value is -1.02. The van der Waals surface area contributed by atoms with Gasteiger partial charge in [0, 0.05) is 22.6 Å². The first kappa shape index (κ1) is 11.1. The first-order valence-corrected chi connectivity index (χ1v) is 5.12. The maximum Gasteiger partial charge on any atom is 0.343 e. The molecule has 2 heterocycles. The topological polar surface area (TPSA) is 30.2 Å². The Morgan fingerprint density at radius 3 is 2.29 bits per heavy atom. The van der Waals surface area contributed by atoms with Crippen LogP contribution in [0.2, 0.25) is 0 Å². The van der Waals surface area contributed by atoms with Crippen molar-refractivity contribution in [3.8, 4) is 9.85 Å². The van der Waals surface area contributed by atoms with Crippen LogP contribution in [0.1, 0.15) is 12.5 Å². The van der Waals surface area contributed by atoms with Crippen LogP contribution in [0.4, 0.5) is 0 Å². The SMILES string of the molecule is CC#CI.Cc1cc2ccc1oc2=O. The summed E-state index contributed by atoms with van der Waals surface area (Å²) in [5, 5.41) is 0.646. The largest absolute Gasteiger partial charge is 0.423 e. The van der Waals surface area contributed by atoms with Crippen molar-refractivity contribution in [2.45, 2.75) is 13.8 Å². The van der Waals surface area contributed by atoms with Crippen molar-refractivity contribution in [1.82, 2.24) is 0 Å². The third-order valence-electron chi connectivity index (χ3n) is 1.71. The number of fused-ring (bicyclic) bond motifs is 3. The number of halogens is 1. The van der Waals surface area contributed by atoms with Crippen molar-refractivity contribution in [3.05, 3.63) is 34.2 Å². The van der Waals surface area contributed by atoms with Gasteiger partial charge in [0.1, 0.15) is 5.58 Å². The van der Waals surface area contributed by atoms with Crippen LogP contribution in [0.25, 0.3) is 11.0 Å². The minimum Gasteiger partial charge on any atom is -0.423 e. The van der Waals surface area contributed by atoms with Gasteiger partial charge in [-0.3, -0.25) is 0 Å². The lowest BCUT2D eigenvalue weighted by Gasteiger charge is -1.98. The molecule has 0 fully saturated rings. The van der Waals surface area contributed by atoms with Crippen LogP contribution in [0.15, 0.2) is 27.4 Å². The average Bonchev–Trinajstić information content (AvgIpc) is 2.20. The van der Waals surface area contributed by atoms with E-state index in [-0.39, 0.29) is 5.63 Å². The normalized spacial score (nSPS) is 8.79. The third-order valence-corrected chi connectivity index (χ3v) is 2.25. The van der Waals surface area contributed by atoms with E-state index in [9.17, 15) is 4.79 Å². The van der Waals surface area contributed by atoms with Crippen molar-refractivity contribution >= 4 is 33.6 Å². The maximum absolute atomic E-state index is 10.8. The van der Waals surface area contributed by atoms with E-state index < -0.39 is 0 Å². The highest BCUT2D eigenvalue weighted by Crippen LogP contribution is 2.12. The molecule has 3 heteroatoms. The molecule has 3 rings (SSSR count). The monoisotopic (exact) mass is 300 g/mol. The molecular formula is C11H9IO2. The lowest BCUT2D eigenvalue weighted by Crippen LogP contribution is -2.00. The van der Waals surface area contributed by atoms with Crippen LogP contribution >= 0.6 is 22.6 Å². The van der Waals surface area contributed by atoms with Crippen molar-refractivity contribution in [2.75, 3.05) is 0 Å². The van der Waals surface area contributed by atoms with E-state index in [0.717, 1.165) is 5.56 Å². The summed E-state index contributed by atoms with van der Waals surface area (Å²) in [5.74, 6) is 2.67. The van der Waals surface area contributed by atoms with Crippen LogP contribution in [0.5, 0.6) is 0 Å². The molecule has 0 spiro atoms. The molecule has 0 unspecified atom stereocenters. The Bertz CT molecular complexity index is 510. The summed E-state index contributed by atoms with van der Waals surface area (Å²) < 4.78 is 7.53. The molecule has 0 amide bonds. The molecule has 0 saturated carbocycles. The molecule has 0 N–H and O–H groups in total. The number of benzene rings is 1. The molecule has 1 aromatic carbocycles. The molecule has 72 valence electrons. The molecule has 14 heavy (non-hydrogen) atoms. The number of hydrogen-bond donors (Lipinski definition) is 0. The quantitative estimate of drug-likeness (QED) is 0.553. The molecule has 3 aromatic rings. The van der Waals surface area contributed by atoms with E-state index in [4.69, 9.17) is 4.42 Å². The van der Waals surface area contributed by atoms with Gasteiger partial charge < -0.3 is 4.42 Å². The molecule has 0 atom stereocenters. The molecule has 0 radical (unpaired) electrons. The first-order chi connectivity index (χ1) is 6.69. The lowest BCUT2D eigenvalue weighted by atomic mass is 10.2. The molecule has 0 aliphatic rings. The van der Waals surface area contributed by atoms with Crippen molar-refractivity contribution in [2.24, 2.45) is 0 Å². The predicted octanol–water partition coefficient (Wildman–Crippen LogP) is 2.94. The zero-order valence-corrected chi connectivity index (χ0v) is 10.1. The summed E-state index contributed by atoms with van der Waals surface area (Å²) in [7, 11) is 0. The van der Waals surface area contributed by atoms with Crippen LogP contribution < -0.4 is 5.63 Å². The highest BCUT2D eigenvalue weighted by molar-refractivity contribution is 14.1. The molecule has 0 aliphatic carbocycles. The van der Waals surface area contributed by atoms with Gasteiger partial charge in [0.05, 0.1) is 5.39 Å². The van der Waals surface area contributed by atoms with Gasteiger partial charge in [-0.1, -0.05) is 5.92 Å². The molecular weight excluding hydrogens is 291 g/mol. The molecule has 2 bridgehead atoms. The smallest absolute Gasteiger partial charge is 0.343 e. The van der Waals surface area contributed by atoms with E-state index in [1.165, 1.54) is 0 Å². The Labute approximate surface area is 95.8 Å². The van der Waals surface area contributed by atoms with Crippen molar-refractivity contribution in [3.63, 3.8) is 0 Å². The van der Waals surface area contributed by atoms with Gasteiger partial charge in [0.2, 0.25) is 0 Å². The van der Waals surface area contributed by atoms with Gasteiger partial charge >= 0.3 is 5.63 Å². The third kappa shape index (κ3) is 2.48. The minimum absolute atomic E-state index is 0.233. The Morgan fingerprint density at radius 2 is 2.07 bits per heavy atom. The second kappa shape index (κ2) is 5.01. The summed E-state index contributed by atoms with van der Waals surface area (Å²) in [5.41, 5.74) is 1.47. The van der Waals surface area contributed by atoms with Crippen LogP contribution in [-0.2, 0) is 0 Å². The Kier molecular flexibility index (Phi) is 3.96. The Morgan fingerprint density at radius 1 is 1.43 bits per heavy atom. The summed E-state index contributed by atoms with van der Waals surface area (Å²) in [4.78, 5) is 10.8. The zero-order chi connectivity index (χ0) is 10.6. The van der Waals surface area contributed by atoms with Crippen molar-refractivity contribution < 1.29 is 4.42 Å². The fourth-order valence-corrected chi connectivity index (χ4v) is 1.05. The van der Waals surface area contributed by atoms with E-state index in [1.807, 2.05) is 48.6 Å². The van der Waals surface area contributed by atoms with Gasteiger partial charge in [0.15, 0.2) is 0 Å². The average molecular weight is 300 g/mol. The standard InChI is InChI=1S/C8H6O2.C3H3I/c1-5-4-6-2-3-7(5)10-8(6)9;1-2-3-4/h2-4H,1H3;1H3. The Balaban J connectivity index is 0.000000213. The van der Waals surface area contributed by atoms with E-state index in [1.54, 1.807) is 6.07 Å². The summed E-state index contributed by atoms with van der Waals surface area (Å²) in [6.45, 7) is 3.73. The number of aryl methyl sites for hydroxylation is 1. The molecule has 2 nitrogen and oxygen atoms in total. The highest BCUT2D eigenvalue weighted by atomic mass is 127. The van der Waals surface area contributed by atoms with E-state index in [2.05, 4.69) is 9.85 Å². The summed E-state index contributed by atoms with van der Waals surface area (Å²) in [6, 6.07) is 5.42. The lowest BCUT2D eigenvalue weighted by molar-refractivity contribution is 0.559.